The Balaban J connectivity index is 2.05. The summed E-state index contributed by atoms with van der Waals surface area (Å²) in [6, 6.07) is 5.88. The van der Waals surface area contributed by atoms with E-state index >= 15 is 0 Å². The fourth-order valence-corrected chi connectivity index (χ4v) is 1.72. The first kappa shape index (κ1) is 10.6. The molecule has 0 fully saturated rings. The topological polar surface area (TPSA) is 67.2 Å². The van der Waals surface area contributed by atoms with Gasteiger partial charge in [0.15, 0.2) is 11.5 Å². The van der Waals surface area contributed by atoms with Crippen LogP contribution in [-0.4, -0.2) is 19.8 Å². The molecule has 0 amide bonds. The zero-order chi connectivity index (χ0) is 11.2. The number of rotatable bonds is 4. The van der Waals surface area contributed by atoms with Crippen molar-refractivity contribution in [1.82, 2.24) is 0 Å². The molecule has 2 rings (SSSR count). The second-order valence-electron chi connectivity index (χ2n) is 3.50. The third kappa shape index (κ3) is 2.38. The van der Waals surface area contributed by atoms with Crippen LogP contribution in [0.1, 0.15) is 12.0 Å². The van der Waals surface area contributed by atoms with E-state index in [1.165, 1.54) is 0 Å². The fraction of sp³-hybridized carbons (Fsp3) is 0.455. The molecule has 5 nitrogen and oxygen atoms in total. The van der Waals surface area contributed by atoms with E-state index < -0.39 is 0 Å². The molecule has 84 valence electrons. The van der Waals surface area contributed by atoms with Crippen LogP contribution in [0.15, 0.2) is 23.3 Å². The molecule has 0 bridgehead atoms. The molecule has 0 N–H and O–H groups in total. The van der Waals surface area contributed by atoms with Crippen molar-refractivity contribution in [2.45, 2.75) is 12.8 Å². The van der Waals surface area contributed by atoms with Crippen molar-refractivity contribution < 1.29 is 9.47 Å². The Morgan fingerprint density at radius 1 is 1.31 bits per heavy atom. The van der Waals surface area contributed by atoms with Gasteiger partial charge in [-0.15, -0.1) is 0 Å². The fourth-order valence-electron chi connectivity index (χ4n) is 1.72. The van der Waals surface area contributed by atoms with Gasteiger partial charge in [0.2, 0.25) is 0 Å². The van der Waals surface area contributed by atoms with Gasteiger partial charge in [0.1, 0.15) is 13.2 Å². The van der Waals surface area contributed by atoms with Crippen LogP contribution in [0.3, 0.4) is 0 Å². The van der Waals surface area contributed by atoms with Gasteiger partial charge in [-0.1, -0.05) is 17.2 Å². The summed E-state index contributed by atoms with van der Waals surface area (Å²) >= 11 is 0. The Morgan fingerprint density at radius 2 is 2.19 bits per heavy atom. The summed E-state index contributed by atoms with van der Waals surface area (Å²) in [6.45, 7) is 1.72. The maximum absolute atomic E-state index is 8.17. The maximum atomic E-state index is 8.17. The van der Waals surface area contributed by atoms with Crippen molar-refractivity contribution >= 4 is 0 Å². The Bertz CT molecular complexity index is 414. The molecule has 0 saturated heterocycles. The van der Waals surface area contributed by atoms with Gasteiger partial charge in [-0.2, -0.15) is 0 Å². The quantitative estimate of drug-likeness (QED) is 0.338. The molecular formula is C11H13N3O2. The molecule has 1 aliphatic rings. The van der Waals surface area contributed by atoms with E-state index in [0.717, 1.165) is 29.9 Å². The average Bonchev–Trinajstić information content (AvgIpc) is 2.35. The summed E-state index contributed by atoms with van der Waals surface area (Å²) in [5.41, 5.74) is 9.29. The van der Waals surface area contributed by atoms with E-state index in [0.29, 0.717) is 19.8 Å². The van der Waals surface area contributed by atoms with E-state index in [1.54, 1.807) is 0 Å². The first-order valence-corrected chi connectivity index (χ1v) is 5.30. The highest BCUT2D eigenvalue weighted by atomic mass is 16.6. The Kier molecular flexibility index (Phi) is 3.51. The average molecular weight is 219 g/mol. The van der Waals surface area contributed by atoms with Crippen molar-refractivity contribution in [3.8, 4) is 11.5 Å². The minimum absolute atomic E-state index is 0.515. The zero-order valence-corrected chi connectivity index (χ0v) is 8.93. The lowest BCUT2D eigenvalue weighted by atomic mass is 10.1. The number of ether oxygens (including phenoxy) is 2. The van der Waals surface area contributed by atoms with Gasteiger partial charge >= 0.3 is 0 Å². The van der Waals surface area contributed by atoms with Gasteiger partial charge in [-0.05, 0) is 30.0 Å². The van der Waals surface area contributed by atoms with E-state index in [4.69, 9.17) is 15.0 Å². The lowest BCUT2D eigenvalue weighted by Gasteiger charge is -2.20. The molecule has 1 aromatic rings. The van der Waals surface area contributed by atoms with Gasteiger partial charge in [-0.3, -0.25) is 0 Å². The lowest BCUT2D eigenvalue weighted by Crippen LogP contribution is -2.16. The number of nitrogens with zero attached hydrogens (tertiary/aromatic N) is 3. The van der Waals surface area contributed by atoms with Crippen molar-refractivity contribution in [3.05, 3.63) is 34.2 Å². The molecule has 0 saturated carbocycles. The van der Waals surface area contributed by atoms with Gasteiger partial charge in [0.25, 0.3) is 0 Å². The van der Waals surface area contributed by atoms with Gasteiger partial charge in [-0.25, -0.2) is 0 Å². The van der Waals surface area contributed by atoms with Crippen LogP contribution in [0.5, 0.6) is 11.5 Å². The van der Waals surface area contributed by atoms with Crippen molar-refractivity contribution in [1.29, 1.82) is 0 Å². The molecule has 0 unspecified atom stereocenters. The third-order valence-electron chi connectivity index (χ3n) is 2.42. The molecule has 1 aromatic carbocycles. The number of fused-ring (bicyclic) bond motifs is 1. The van der Waals surface area contributed by atoms with Gasteiger partial charge in [0.05, 0.1) is 0 Å². The van der Waals surface area contributed by atoms with Crippen LogP contribution >= 0.6 is 0 Å². The summed E-state index contributed by atoms with van der Waals surface area (Å²) in [6.07, 6.45) is 1.66. The number of hydrogen-bond acceptors (Lipinski definition) is 3. The molecule has 1 heterocycles. The van der Waals surface area contributed by atoms with Gasteiger partial charge < -0.3 is 9.47 Å². The minimum atomic E-state index is 0.515. The largest absolute Gasteiger partial charge is 0.486 e. The van der Waals surface area contributed by atoms with Crippen molar-refractivity contribution in [2.24, 2.45) is 5.11 Å². The monoisotopic (exact) mass is 219 g/mol. The van der Waals surface area contributed by atoms with Crippen LogP contribution in [0.2, 0.25) is 0 Å². The normalized spacial score (nSPS) is 13.0. The SMILES string of the molecule is [N-]=[N+]=NCCCc1cccc2c1OCCO2. The molecule has 0 aromatic heterocycles. The summed E-state index contributed by atoms with van der Waals surface area (Å²) < 4.78 is 11.1. The number of para-hydroxylation sites is 1. The Hall–Kier alpha value is -1.87. The highest BCUT2D eigenvalue weighted by molar-refractivity contribution is 5.47. The molecule has 0 atom stereocenters. The van der Waals surface area contributed by atoms with Crippen LogP contribution in [0.25, 0.3) is 10.4 Å². The van der Waals surface area contributed by atoms with Crippen LogP contribution in [0.4, 0.5) is 0 Å². The van der Waals surface area contributed by atoms with Crippen LogP contribution in [-0.2, 0) is 6.42 Å². The summed E-state index contributed by atoms with van der Waals surface area (Å²) in [4.78, 5) is 2.72. The Morgan fingerprint density at radius 3 is 3.06 bits per heavy atom. The molecule has 0 radical (unpaired) electrons. The Labute approximate surface area is 93.6 Å². The highest BCUT2D eigenvalue weighted by Crippen LogP contribution is 2.34. The summed E-state index contributed by atoms with van der Waals surface area (Å²) in [7, 11) is 0. The van der Waals surface area contributed by atoms with E-state index in [1.807, 2.05) is 18.2 Å². The third-order valence-corrected chi connectivity index (χ3v) is 2.42. The first-order valence-electron chi connectivity index (χ1n) is 5.30. The molecular weight excluding hydrogens is 206 g/mol. The number of benzene rings is 1. The minimum Gasteiger partial charge on any atom is -0.486 e. The van der Waals surface area contributed by atoms with E-state index in [-0.39, 0.29) is 0 Å². The number of aryl methyl sites for hydroxylation is 1. The lowest BCUT2D eigenvalue weighted by molar-refractivity contribution is 0.170. The van der Waals surface area contributed by atoms with Crippen LogP contribution in [0, 0.1) is 0 Å². The summed E-state index contributed by atoms with van der Waals surface area (Å²) in [5.74, 6) is 1.65. The maximum Gasteiger partial charge on any atom is 0.164 e. The van der Waals surface area contributed by atoms with Crippen molar-refractivity contribution in [2.75, 3.05) is 19.8 Å². The number of hydrogen-bond donors (Lipinski definition) is 0. The zero-order valence-electron chi connectivity index (χ0n) is 8.93. The smallest absolute Gasteiger partial charge is 0.164 e. The predicted octanol–water partition coefficient (Wildman–Crippen LogP) is 2.70. The molecule has 1 aliphatic heterocycles. The van der Waals surface area contributed by atoms with E-state index in [2.05, 4.69) is 10.0 Å². The number of azide groups is 1. The summed E-state index contributed by atoms with van der Waals surface area (Å²) in [5, 5.41) is 3.51. The second kappa shape index (κ2) is 5.28. The van der Waals surface area contributed by atoms with Crippen LogP contribution < -0.4 is 9.47 Å². The highest BCUT2D eigenvalue weighted by Gasteiger charge is 2.14. The van der Waals surface area contributed by atoms with Gasteiger partial charge in [0, 0.05) is 11.5 Å². The second-order valence-corrected chi connectivity index (χ2v) is 3.50. The molecule has 0 aliphatic carbocycles. The van der Waals surface area contributed by atoms with Crippen molar-refractivity contribution in [3.63, 3.8) is 0 Å². The molecule has 5 heteroatoms. The first-order chi connectivity index (χ1) is 7.92. The molecule has 16 heavy (non-hydrogen) atoms. The predicted molar refractivity (Wildman–Crippen MR) is 59.8 cm³/mol. The van der Waals surface area contributed by atoms with E-state index in [9.17, 15) is 0 Å². The molecule has 0 spiro atoms. The standard InChI is InChI=1S/C11H13N3O2/c12-14-13-6-2-4-9-3-1-5-10-11(9)16-8-7-15-10/h1,3,5H,2,4,6-8H2.